The Morgan fingerprint density at radius 3 is 1.68 bits per heavy atom. The van der Waals surface area contributed by atoms with Gasteiger partial charge < -0.3 is 25.4 Å². The Balaban J connectivity index is 1.17. The Morgan fingerprint density at radius 2 is 1.15 bits per heavy atom. The van der Waals surface area contributed by atoms with E-state index in [1.54, 1.807) is 13.8 Å². The van der Waals surface area contributed by atoms with E-state index in [9.17, 15) is 24.0 Å². The SMILES string of the molecule is CCOC(=O)[C@@H](Cc1ccccc1)NC(=O)CN1CCNCCN(CC(=O)N[C@H](Cc2ccccc2)C(=O)OCC)CCN(Cc2ccc3c(=O)c4ccccc4sc3n2)CC1. The highest BCUT2D eigenvalue weighted by molar-refractivity contribution is 7.24. The normalized spacial score (nSPS) is 15.8. The maximum Gasteiger partial charge on any atom is 0.328 e. The molecule has 0 unspecified atom stereocenters. The molecule has 15 heteroatoms. The van der Waals surface area contributed by atoms with E-state index in [-0.39, 0.29) is 43.5 Å². The molecule has 0 spiro atoms. The van der Waals surface area contributed by atoms with Crippen molar-refractivity contribution >= 4 is 55.4 Å². The van der Waals surface area contributed by atoms with Crippen LogP contribution in [0.2, 0.25) is 0 Å². The van der Waals surface area contributed by atoms with Crippen LogP contribution in [-0.4, -0.2) is 134 Å². The Morgan fingerprint density at radius 1 is 0.645 bits per heavy atom. The number of esters is 2. The molecule has 0 radical (unpaired) electrons. The van der Waals surface area contributed by atoms with E-state index in [1.165, 1.54) is 11.3 Å². The summed E-state index contributed by atoms with van der Waals surface area (Å²) in [6.07, 6.45) is 0.629. The molecule has 2 atom stereocenters. The average molecular weight is 864 g/mol. The summed E-state index contributed by atoms with van der Waals surface area (Å²) in [5.41, 5.74) is 2.58. The van der Waals surface area contributed by atoms with Crippen molar-refractivity contribution < 1.29 is 28.7 Å². The van der Waals surface area contributed by atoms with Gasteiger partial charge in [0.2, 0.25) is 11.8 Å². The fourth-order valence-corrected chi connectivity index (χ4v) is 8.53. The average Bonchev–Trinajstić information content (AvgIpc) is 3.26. The van der Waals surface area contributed by atoms with E-state index in [0.717, 1.165) is 21.5 Å². The summed E-state index contributed by atoms with van der Waals surface area (Å²) in [6, 6.07) is 28.7. The molecule has 0 aliphatic carbocycles. The molecule has 3 aromatic carbocycles. The summed E-state index contributed by atoms with van der Waals surface area (Å²) in [5.74, 6) is -1.50. The Kier molecular flexibility index (Phi) is 17.5. The molecule has 3 N–H and O–H groups in total. The smallest absolute Gasteiger partial charge is 0.328 e. The van der Waals surface area contributed by atoms with Crippen molar-refractivity contribution in [3.8, 4) is 0 Å². The zero-order chi connectivity index (χ0) is 43.7. The molecule has 0 bridgehead atoms. The first-order valence-corrected chi connectivity index (χ1v) is 22.2. The summed E-state index contributed by atoms with van der Waals surface area (Å²) < 4.78 is 11.5. The van der Waals surface area contributed by atoms with Crippen molar-refractivity contribution in [3.63, 3.8) is 0 Å². The van der Waals surface area contributed by atoms with Crippen LogP contribution in [0, 0.1) is 0 Å². The van der Waals surface area contributed by atoms with Crippen molar-refractivity contribution in [1.29, 1.82) is 0 Å². The summed E-state index contributed by atoms with van der Waals surface area (Å²) >= 11 is 1.49. The molecule has 14 nitrogen and oxygen atoms in total. The summed E-state index contributed by atoms with van der Waals surface area (Å²) in [7, 11) is 0. The first-order valence-electron chi connectivity index (χ1n) is 21.4. The molecule has 0 saturated carbocycles. The van der Waals surface area contributed by atoms with Crippen LogP contribution < -0.4 is 21.4 Å². The molecule has 5 aromatic rings. The first-order chi connectivity index (χ1) is 30.2. The van der Waals surface area contributed by atoms with Crippen molar-refractivity contribution in [2.75, 3.05) is 78.7 Å². The Hall–Kier alpha value is -5.58. The van der Waals surface area contributed by atoms with Crippen LogP contribution in [0.5, 0.6) is 0 Å². The van der Waals surface area contributed by atoms with E-state index >= 15 is 0 Å². The van der Waals surface area contributed by atoms with Gasteiger partial charge in [-0.1, -0.05) is 72.8 Å². The third-order valence-corrected chi connectivity index (χ3v) is 11.8. The maximum atomic E-state index is 13.6. The van der Waals surface area contributed by atoms with Crippen molar-refractivity contribution in [3.05, 3.63) is 124 Å². The number of benzene rings is 3. The zero-order valence-electron chi connectivity index (χ0n) is 35.6. The molecule has 3 heterocycles. The van der Waals surface area contributed by atoms with Gasteiger partial charge in [-0.2, -0.15) is 0 Å². The largest absolute Gasteiger partial charge is 0.464 e. The van der Waals surface area contributed by atoms with Gasteiger partial charge >= 0.3 is 11.9 Å². The van der Waals surface area contributed by atoms with E-state index in [1.807, 2.05) is 97.1 Å². The predicted octanol–water partition coefficient (Wildman–Crippen LogP) is 3.40. The van der Waals surface area contributed by atoms with Crippen molar-refractivity contribution in [2.24, 2.45) is 0 Å². The monoisotopic (exact) mass is 863 g/mol. The second-order valence-electron chi connectivity index (χ2n) is 15.3. The molecule has 2 aromatic heterocycles. The minimum absolute atomic E-state index is 0.0425. The molecule has 1 fully saturated rings. The number of ether oxygens (including phenoxy) is 2. The van der Waals surface area contributed by atoms with Gasteiger partial charge in [0.1, 0.15) is 16.9 Å². The quantitative estimate of drug-likeness (QED) is 0.0982. The first kappa shape index (κ1) is 45.9. The summed E-state index contributed by atoms with van der Waals surface area (Å²) in [5, 5.41) is 10.6. The molecule has 1 aliphatic rings. The standard InChI is InChI=1S/C47H57N7O7S/c1-3-60-46(58)39(29-34-13-7-5-8-14-34)50-42(55)32-52-23-21-48-22-24-53(33-43(56)51-40(47(59)61-4-2)30-35-15-9-6-10-16-35)26-28-54(27-25-52)31-36-19-20-38-44(57)37-17-11-12-18-41(37)62-45(38)49-36/h5-20,39-40,48H,3-4,21-33H2,1-2H3,(H,50,55)(H,51,56)/t39-,40-/m1/s1. The minimum Gasteiger partial charge on any atom is -0.464 e. The number of amides is 2. The molecule has 1 aliphatic heterocycles. The second kappa shape index (κ2) is 23.6. The minimum atomic E-state index is -0.826. The Bertz CT molecular complexity index is 2220. The van der Waals surface area contributed by atoms with Crippen LogP contribution in [0.15, 0.2) is 102 Å². The summed E-state index contributed by atoms with van der Waals surface area (Å²) in [6.45, 7) is 8.99. The third-order valence-electron chi connectivity index (χ3n) is 10.7. The number of aromatic nitrogens is 1. The van der Waals surface area contributed by atoms with E-state index < -0.39 is 24.0 Å². The second-order valence-corrected chi connectivity index (χ2v) is 16.3. The predicted molar refractivity (Wildman–Crippen MR) is 242 cm³/mol. The molecule has 328 valence electrons. The van der Waals surface area contributed by atoms with E-state index in [2.05, 4.69) is 30.7 Å². The van der Waals surface area contributed by atoms with Crippen LogP contribution in [0.3, 0.4) is 0 Å². The van der Waals surface area contributed by atoms with Crippen LogP contribution in [-0.2, 0) is 48.0 Å². The van der Waals surface area contributed by atoms with Gasteiger partial charge in [0.15, 0.2) is 5.43 Å². The summed E-state index contributed by atoms with van der Waals surface area (Å²) in [4.78, 5) is 78.5. The highest BCUT2D eigenvalue weighted by atomic mass is 32.1. The topological polar surface area (TPSA) is 163 Å². The lowest BCUT2D eigenvalue weighted by atomic mass is 10.1. The molecule has 6 rings (SSSR count). The zero-order valence-corrected chi connectivity index (χ0v) is 36.4. The van der Waals surface area contributed by atoms with Crippen molar-refractivity contribution in [2.45, 2.75) is 45.3 Å². The van der Waals surface area contributed by atoms with Gasteiger partial charge in [-0.15, -0.1) is 11.3 Å². The molecular weight excluding hydrogens is 807 g/mol. The number of pyridine rings is 1. The lowest BCUT2D eigenvalue weighted by molar-refractivity contribution is -0.147. The van der Waals surface area contributed by atoms with Gasteiger partial charge in [0, 0.05) is 81.8 Å². The van der Waals surface area contributed by atoms with E-state index in [0.29, 0.717) is 87.3 Å². The van der Waals surface area contributed by atoms with Crippen LogP contribution >= 0.6 is 11.3 Å². The number of hydrogen-bond acceptors (Lipinski definition) is 13. The Labute approximate surface area is 366 Å². The fourth-order valence-electron chi connectivity index (χ4n) is 7.47. The number of hydrogen-bond donors (Lipinski definition) is 3. The number of carbonyl (C=O) groups excluding carboxylic acids is 4. The van der Waals surface area contributed by atoms with Gasteiger partial charge in [-0.3, -0.25) is 29.1 Å². The van der Waals surface area contributed by atoms with Gasteiger partial charge in [0.05, 0.1) is 37.4 Å². The van der Waals surface area contributed by atoms with Crippen LogP contribution in [0.1, 0.15) is 30.7 Å². The highest BCUT2D eigenvalue weighted by Gasteiger charge is 2.26. The number of rotatable bonds is 16. The van der Waals surface area contributed by atoms with Crippen molar-refractivity contribution in [1.82, 2.24) is 35.6 Å². The van der Waals surface area contributed by atoms with E-state index in [4.69, 9.17) is 14.5 Å². The van der Waals surface area contributed by atoms with Gasteiger partial charge in [-0.05, 0) is 49.2 Å². The number of nitrogens with one attached hydrogen (secondary N) is 3. The van der Waals surface area contributed by atoms with Crippen LogP contribution in [0.4, 0.5) is 0 Å². The van der Waals surface area contributed by atoms with Gasteiger partial charge in [-0.25, -0.2) is 14.6 Å². The molecule has 1 saturated heterocycles. The number of carbonyl (C=O) groups is 4. The third kappa shape index (κ3) is 13.7. The maximum absolute atomic E-state index is 13.6. The van der Waals surface area contributed by atoms with Gasteiger partial charge in [0.25, 0.3) is 0 Å². The lowest BCUT2D eigenvalue weighted by Gasteiger charge is -2.31. The highest BCUT2D eigenvalue weighted by Crippen LogP contribution is 2.23. The molecule has 62 heavy (non-hydrogen) atoms. The molecular formula is C47H57N7O7S. The van der Waals surface area contributed by atoms with Crippen LogP contribution in [0.25, 0.3) is 20.3 Å². The number of nitrogens with zero attached hydrogens (tertiary/aromatic N) is 4. The molecule has 2 amide bonds. The number of fused-ring (bicyclic) bond motifs is 2. The lowest BCUT2D eigenvalue weighted by Crippen LogP contribution is -2.51. The fraction of sp³-hybridized carbons (Fsp3) is 0.404.